The van der Waals surface area contributed by atoms with E-state index >= 15 is 0 Å². The van der Waals surface area contributed by atoms with Crippen LogP contribution in [-0.2, 0) is 6.54 Å². The summed E-state index contributed by atoms with van der Waals surface area (Å²) in [6.45, 7) is 3.82. The van der Waals surface area contributed by atoms with E-state index in [4.69, 9.17) is 26.7 Å². The summed E-state index contributed by atoms with van der Waals surface area (Å²) >= 11 is 0. The summed E-state index contributed by atoms with van der Waals surface area (Å²) in [5.41, 5.74) is 21.5. The van der Waals surface area contributed by atoms with Gasteiger partial charge in [0.25, 0.3) is 5.91 Å². The van der Waals surface area contributed by atoms with Crippen LogP contribution in [0.1, 0.15) is 17.3 Å². The molecule has 0 aliphatic rings. The molecule has 0 fully saturated rings. The molecule has 1 heterocycles. The van der Waals surface area contributed by atoms with Crippen molar-refractivity contribution in [1.82, 2.24) is 14.5 Å². The molecule has 3 aromatic rings. The minimum atomic E-state index is -0.694. The van der Waals surface area contributed by atoms with Gasteiger partial charge in [-0.1, -0.05) is 0 Å². The van der Waals surface area contributed by atoms with E-state index in [1.165, 1.54) is 0 Å². The lowest BCUT2D eigenvalue weighted by molar-refractivity contribution is 0.0997. The molecule has 9 heteroatoms. The summed E-state index contributed by atoms with van der Waals surface area (Å²) < 4.78 is 13.4. The number of aromatic nitrogens is 2. The number of nitrogen functional groups attached to an aromatic ring is 2. The van der Waals surface area contributed by atoms with Crippen LogP contribution in [0.5, 0.6) is 11.5 Å². The maximum atomic E-state index is 12.0. The minimum absolute atomic E-state index is 0.0818. The van der Waals surface area contributed by atoms with Crippen LogP contribution >= 0.6 is 0 Å². The molecule has 2 aromatic carbocycles. The number of aryl methyl sites for hydroxylation is 1. The van der Waals surface area contributed by atoms with Gasteiger partial charge in [-0.05, 0) is 44.8 Å². The molecule has 0 spiro atoms. The molecule has 0 bridgehead atoms. The van der Waals surface area contributed by atoms with Crippen LogP contribution in [0.2, 0.25) is 0 Å². The van der Waals surface area contributed by atoms with Gasteiger partial charge in [-0.3, -0.25) is 4.79 Å². The fourth-order valence-corrected chi connectivity index (χ4v) is 3.36. The molecule has 0 unspecified atom stereocenters. The molecule has 30 heavy (non-hydrogen) atoms. The first kappa shape index (κ1) is 21.3. The Balaban J connectivity index is 2.18. The summed E-state index contributed by atoms with van der Waals surface area (Å²) in [6.07, 6.45) is 1.76. The van der Waals surface area contributed by atoms with Gasteiger partial charge in [0, 0.05) is 18.7 Å². The van der Waals surface area contributed by atoms with Crippen LogP contribution in [0.25, 0.3) is 22.2 Å². The Hall–Kier alpha value is -3.46. The SMILES string of the molecule is CCn1cnc2cc(-c3cc(OCCN(C)C)c(C(N)=O)c(N)c3N)cc(OC)c21. The number of carbonyl (C=O) groups excluding carboxylic acids is 1. The van der Waals surface area contributed by atoms with Gasteiger partial charge in [-0.15, -0.1) is 0 Å². The van der Waals surface area contributed by atoms with Crippen LogP contribution < -0.4 is 26.7 Å². The zero-order valence-electron chi connectivity index (χ0n) is 17.7. The summed E-state index contributed by atoms with van der Waals surface area (Å²) in [7, 11) is 5.46. The first-order valence-corrected chi connectivity index (χ1v) is 9.60. The van der Waals surface area contributed by atoms with E-state index in [0.717, 1.165) is 23.1 Å². The number of likely N-dealkylation sites (N-methyl/N-ethyl adjacent to an activating group) is 1. The molecule has 9 nitrogen and oxygen atoms in total. The average molecular weight is 412 g/mol. The second kappa shape index (κ2) is 8.50. The molecule has 1 amide bonds. The molecule has 0 aliphatic heterocycles. The number of amides is 1. The smallest absolute Gasteiger partial charge is 0.254 e. The lowest BCUT2D eigenvalue weighted by Crippen LogP contribution is -2.22. The standard InChI is InChI=1S/C21H28N6O3/c1-5-27-11-25-14-8-12(9-16(29-4)20(14)27)13-10-15(30-7-6-26(2)3)17(21(24)28)19(23)18(13)22/h8-11H,5-7,22-23H2,1-4H3,(H2,24,28). The number of rotatable bonds is 8. The number of anilines is 2. The van der Waals surface area contributed by atoms with Crippen LogP contribution in [0.15, 0.2) is 24.5 Å². The predicted octanol–water partition coefficient (Wildman–Crippen LogP) is 1.94. The van der Waals surface area contributed by atoms with Crippen molar-refractivity contribution in [3.05, 3.63) is 30.1 Å². The monoisotopic (exact) mass is 412 g/mol. The fraction of sp³-hybridized carbons (Fsp3) is 0.333. The van der Waals surface area contributed by atoms with Crippen molar-refractivity contribution in [3.63, 3.8) is 0 Å². The van der Waals surface area contributed by atoms with Crippen molar-refractivity contribution in [2.45, 2.75) is 13.5 Å². The molecule has 1 aromatic heterocycles. The number of benzene rings is 2. The summed E-state index contributed by atoms with van der Waals surface area (Å²) in [5, 5.41) is 0. The topological polar surface area (TPSA) is 135 Å². The van der Waals surface area contributed by atoms with Gasteiger partial charge in [0.15, 0.2) is 0 Å². The van der Waals surface area contributed by atoms with Crippen LogP contribution in [-0.4, -0.2) is 54.7 Å². The minimum Gasteiger partial charge on any atom is -0.494 e. The molecular weight excluding hydrogens is 384 g/mol. The van der Waals surface area contributed by atoms with Crippen molar-refractivity contribution >= 4 is 28.3 Å². The maximum Gasteiger partial charge on any atom is 0.254 e. The molecular formula is C21H28N6O3. The van der Waals surface area contributed by atoms with Crippen LogP contribution in [0.3, 0.4) is 0 Å². The Morgan fingerprint density at radius 1 is 1.17 bits per heavy atom. The molecule has 0 aliphatic carbocycles. The lowest BCUT2D eigenvalue weighted by atomic mass is 9.97. The third kappa shape index (κ3) is 3.84. The van der Waals surface area contributed by atoms with Gasteiger partial charge >= 0.3 is 0 Å². The van der Waals surface area contributed by atoms with E-state index in [-0.39, 0.29) is 16.9 Å². The van der Waals surface area contributed by atoms with E-state index in [9.17, 15) is 4.79 Å². The highest BCUT2D eigenvalue weighted by atomic mass is 16.5. The van der Waals surface area contributed by atoms with E-state index in [1.807, 2.05) is 42.6 Å². The van der Waals surface area contributed by atoms with Gasteiger partial charge in [0.05, 0.1) is 30.3 Å². The van der Waals surface area contributed by atoms with Crippen LogP contribution in [0.4, 0.5) is 11.4 Å². The maximum absolute atomic E-state index is 12.0. The van der Waals surface area contributed by atoms with Gasteiger partial charge < -0.3 is 36.1 Å². The molecule has 0 saturated carbocycles. The zero-order chi connectivity index (χ0) is 22.0. The number of fused-ring (bicyclic) bond motifs is 1. The average Bonchev–Trinajstić information content (AvgIpc) is 3.12. The highest BCUT2D eigenvalue weighted by molar-refractivity contribution is 6.06. The summed E-state index contributed by atoms with van der Waals surface area (Å²) in [4.78, 5) is 18.5. The van der Waals surface area contributed by atoms with Gasteiger partial charge in [0.2, 0.25) is 0 Å². The predicted molar refractivity (Wildman–Crippen MR) is 119 cm³/mol. The van der Waals surface area contributed by atoms with E-state index in [1.54, 1.807) is 19.5 Å². The number of hydrogen-bond donors (Lipinski definition) is 3. The highest BCUT2D eigenvalue weighted by Crippen LogP contribution is 2.41. The number of imidazole rings is 1. The fourth-order valence-electron chi connectivity index (χ4n) is 3.36. The number of carbonyl (C=O) groups is 1. The Bertz CT molecular complexity index is 1090. The first-order valence-electron chi connectivity index (χ1n) is 9.60. The van der Waals surface area contributed by atoms with Gasteiger partial charge in [-0.25, -0.2) is 4.98 Å². The molecule has 0 saturated heterocycles. The molecule has 0 atom stereocenters. The Morgan fingerprint density at radius 2 is 1.90 bits per heavy atom. The number of nitrogens with zero attached hydrogens (tertiary/aromatic N) is 3. The molecule has 160 valence electrons. The Labute approximate surface area is 175 Å². The number of nitrogens with two attached hydrogens (primary N) is 3. The number of hydrogen-bond acceptors (Lipinski definition) is 7. The van der Waals surface area contributed by atoms with Crippen molar-refractivity contribution in [1.29, 1.82) is 0 Å². The third-order valence-corrected chi connectivity index (χ3v) is 4.96. The number of ether oxygens (including phenoxy) is 2. The van der Waals surface area contributed by atoms with Crippen molar-refractivity contribution in [2.75, 3.05) is 45.8 Å². The first-order chi connectivity index (χ1) is 14.3. The van der Waals surface area contributed by atoms with Crippen molar-refractivity contribution < 1.29 is 14.3 Å². The zero-order valence-corrected chi connectivity index (χ0v) is 17.7. The quantitative estimate of drug-likeness (QED) is 0.481. The second-order valence-corrected chi connectivity index (χ2v) is 7.22. The lowest BCUT2D eigenvalue weighted by Gasteiger charge is -2.18. The molecule has 3 rings (SSSR count). The van der Waals surface area contributed by atoms with E-state index in [2.05, 4.69) is 4.98 Å². The Morgan fingerprint density at radius 3 is 2.50 bits per heavy atom. The van der Waals surface area contributed by atoms with Gasteiger partial charge in [0.1, 0.15) is 29.2 Å². The highest BCUT2D eigenvalue weighted by Gasteiger charge is 2.22. The second-order valence-electron chi connectivity index (χ2n) is 7.22. The molecule has 0 radical (unpaired) electrons. The largest absolute Gasteiger partial charge is 0.494 e. The van der Waals surface area contributed by atoms with Crippen molar-refractivity contribution in [3.8, 4) is 22.6 Å². The third-order valence-electron chi connectivity index (χ3n) is 4.96. The summed E-state index contributed by atoms with van der Waals surface area (Å²) in [5.74, 6) is 0.262. The number of methoxy groups -OCH3 is 1. The number of primary amides is 1. The summed E-state index contributed by atoms with van der Waals surface area (Å²) in [6, 6.07) is 5.47. The van der Waals surface area contributed by atoms with Gasteiger partial charge in [-0.2, -0.15) is 0 Å². The van der Waals surface area contributed by atoms with E-state index in [0.29, 0.717) is 30.2 Å². The molecule has 6 N–H and O–H groups in total. The van der Waals surface area contributed by atoms with Crippen LogP contribution in [0, 0.1) is 0 Å². The van der Waals surface area contributed by atoms with Crippen molar-refractivity contribution in [2.24, 2.45) is 5.73 Å². The van der Waals surface area contributed by atoms with E-state index < -0.39 is 5.91 Å². The normalized spacial score (nSPS) is 11.2. The Kier molecular flexibility index (Phi) is 6.02.